The fraction of sp³-hybridized carbons (Fsp3) is 0.0667. The van der Waals surface area contributed by atoms with E-state index in [0.29, 0.717) is 10.7 Å². The van der Waals surface area contributed by atoms with E-state index in [2.05, 4.69) is 31.0 Å². The molecule has 1 aromatic carbocycles. The molecule has 6 nitrogen and oxygen atoms in total. The summed E-state index contributed by atoms with van der Waals surface area (Å²) in [5.41, 5.74) is -0.787. The average Bonchev–Trinajstić information content (AvgIpc) is 3.06. The van der Waals surface area contributed by atoms with Gasteiger partial charge in [0.2, 0.25) is 0 Å². The maximum Gasteiger partial charge on any atom is 0.419 e. The van der Waals surface area contributed by atoms with E-state index in [4.69, 9.17) is 4.74 Å². The van der Waals surface area contributed by atoms with Crippen LogP contribution in [0.1, 0.15) is 11.1 Å². The zero-order valence-electron chi connectivity index (χ0n) is 12.2. The maximum absolute atomic E-state index is 12.8. The van der Waals surface area contributed by atoms with Crippen LogP contribution in [0.3, 0.4) is 0 Å². The van der Waals surface area contributed by atoms with Gasteiger partial charge >= 0.3 is 12.2 Å². The second kappa shape index (κ2) is 6.52. The molecule has 25 heavy (non-hydrogen) atoms. The SMILES string of the molecule is N#Cc1cccc(Oc2ncc(Br)cn2)c1-n1cc(C(F)(F)F)cn1. The minimum absolute atomic E-state index is 0.0252. The number of hydrogen-bond acceptors (Lipinski definition) is 5. The molecule has 0 saturated carbocycles. The monoisotopic (exact) mass is 409 g/mol. The Morgan fingerprint density at radius 1 is 1.16 bits per heavy atom. The van der Waals surface area contributed by atoms with Gasteiger partial charge in [-0.25, -0.2) is 14.6 Å². The number of rotatable bonds is 3. The number of ether oxygens (including phenoxy) is 1. The van der Waals surface area contributed by atoms with Crippen molar-refractivity contribution in [1.82, 2.24) is 19.7 Å². The van der Waals surface area contributed by atoms with Gasteiger partial charge in [0.05, 0.1) is 21.8 Å². The molecule has 10 heteroatoms. The molecule has 3 rings (SSSR count). The molecule has 0 saturated heterocycles. The summed E-state index contributed by atoms with van der Waals surface area (Å²) in [6.07, 6.45) is -0.188. The number of nitriles is 1. The van der Waals surface area contributed by atoms with Crippen molar-refractivity contribution in [2.75, 3.05) is 0 Å². The van der Waals surface area contributed by atoms with Crippen LogP contribution in [0.4, 0.5) is 13.2 Å². The lowest BCUT2D eigenvalue weighted by Crippen LogP contribution is -2.04. The minimum atomic E-state index is -4.55. The van der Waals surface area contributed by atoms with Crippen LogP contribution < -0.4 is 4.74 Å². The fourth-order valence-electron chi connectivity index (χ4n) is 1.97. The molecular formula is C15H7BrF3N5O. The molecule has 0 aliphatic carbocycles. The topological polar surface area (TPSA) is 76.6 Å². The predicted octanol–water partition coefficient (Wildman–Crippen LogP) is 4.11. The summed E-state index contributed by atoms with van der Waals surface area (Å²) < 4.78 is 45.5. The number of nitrogens with zero attached hydrogens (tertiary/aromatic N) is 5. The summed E-state index contributed by atoms with van der Waals surface area (Å²) in [4.78, 5) is 7.87. The van der Waals surface area contributed by atoms with Crippen LogP contribution in [0.15, 0.2) is 47.5 Å². The number of halogens is 4. The zero-order chi connectivity index (χ0) is 18.0. The number of benzene rings is 1. The Hall–Kier alpha value is -2.93. The van der Waals surface area contributed by atoms with Gasteiger partial charge in [-0.3, -0.25) is 0 Å². The van der Waals surface area contributed by atoms with Gasteiger partial charge in [0.25, 0.3) is 0 Å². The summed E-state index contributed by atoms with van der Waals surface area (Å²) in [5, 5.41) is 13.0. The van der Waals surface area contributed by atoms with Crippen molar-refractivity contribution in [2.24, 2.45) is 0 Å². The molecule has 126 valence electrons. The van der Waals surface area contributed by atoms with Gasteiger partial charge in [0.1, 0.15) is 11.8 Å². The number of alkyl halides is 3. The van der Waals surface area contributed by atoms with E-state index in [1.807, 2.05) is 6.07 Å². The summed E-state index contributed by atoms with van der Waals surface area (Å²) >= 11 is 3.18. The van der Waals surface area contributed by atoms with Crippen molar-refractivity contribution in [3.05, 3.63) is 58.6 Å². The molecule has 0 unspecified atom stereocenters. The quantitative estimate of drug-likeness (QED) is 0.650. The lowest BCUT2D eigenvalue weighted by molar-refractivity contribution is -0.137. The van der Waals surface area contributed by atoms with Gasteiger partial charge in [-0.2, -0.15) is 23.5 Å². The van der Waals surface area contributed by atoms with Crippen molar-refractivity contribution in [3.8, 4) is 23.5 Å². The van der Waals surface area contributed by atoms with Gasteiger partial charge in [-0.05, 0) is 28.1 Å². The minimum Gasteiger partial charge on any atom is -0.422 e. The Balaban J connectivity index is 2.07. The van der Waals surface area contributed by atoms with Gasteiger partial charge in [0, 0.05) is 18.6 Å². The van der Waals surface area contributed by atoms with E-state index in [1.165, 1.54) is 30.6 Å². The van der Waals surface area contributed by atoms with Crippen molar-refractivity contribution >= 4 is 15.9 Å². The molecule has 0 aliphatic rings. The highest BCUT2D eigenvalue weighted by molar-refractivity contribution is 9.10. The van der Waals surface area contributed by atoms with E-state index < -0.39 is 11.7 Å². The van der Waals surface area contributed by atoms with Crippen LogP contribution in [-0.4, -0.2) is 19.7 Å². The molecule has 0 aliphatic heterocycles. The number of para-hydroxylation sites is 1. The lowest BCUT2D eigenvalue weighted by atomic mass is 10.2. The molecule has 0 spiro atoms. The first kappa shape index (κ1) is 16.9. The van der Waals surface area contributed by atoms with Crippen LogP contribution in [0.2, 0.25) is 0 Å². The average molecular weight is 410 g/mol. The third kappa shape index (κ3) is 3.61. The predicted molar refractivity (Wildman–Crippen MR) is 83.1 cm³/mol. The molecule has 0 radical (unpaired) electrons. The Kier molecular flexibility index (Phi) is 4.41. The third-order valence-corrected chi connectivity index (χ3v) is 3.47. The van der Waals surface area contributed by atoms with Gasteiger partial charge < -0.3 is 4.74 Å². The zero-order valence-corrected chi connectivity index (χ0v) is 13.8. The standard InChI is InChI=1S/C15H7BrF3N5O/c16-11-6-21-14(22-7-11)25-12-3-1-2-9(4-20)13(12)24-8-10(5-23-24)15(17,18)19/h1-3,5-8H. The molecule has 3 aromatic rings. The number of aromatic nitrogens is 4. The first-order valence-corrected chi connectivity index (χ1v) is 7.48. The summed E-state index contributed by atoms with van der Waals surface area (Å²) in [6, 6.07) is 6.34. The second-order valence-electron chi connectivity index (χ2n) is 4.72. The maximum atomic E-state index is 12.8. The van der Waals surface area contributed by atoms with Crippen molar-refractivity contribution in [1.29, 1.82) is 5.26 Å². The van der Waals surface area contributed by atoms with E-state index in [-0.39, 0.29) is 23.0 Å². The van der Waals surface area contributed by atoms with Crippen LogP contribution in [-0.2, 0) is 6.18 Å². The summed E-state index contributed by atoms with van der Waals surface area (Å²) in [6.45, 7) is 0. The molecule has 0 atom stereocenters. The van der Waals surface area contributed by atoms with Gasteiger partial charge in [-0.15, -0.1) is 0 Å². The highest BCUT2D eigenvalue weighted by Gasteiger charge is 2.32. The van der Waals surface area contributed by atoms with Crippen molar-refractivity contribution in [2.45, 2.75) is 6.18 Å². The third-order valence-electron chi connectivity index (χ3n) is 3.06. The molecular weight excluding hydrogens is 403 g/mol. The molecule has 0 N–H and O–H groups in total. The van der Waals surface area contributed by atoms with E-state index in [0.717, 1.165) is 10.9 Å². The largest absolute Gasteiger partial charge is 0.422 e. The molecule has 0 amide bonds. The summed E-state index contributed by atoms with van der Waals surface area (Å²) in [7, 11) is 0. The Morgan fingerprint density at radius 2 is 1.88 bits per heavy atom. The smallest absolute Gasteiger partial charge is 0.419 e. The van der Waals surface area contributed by atoms with Crippen LogP contribution in [0.5, 0.6) is 11.8 Å². The van der Waals surface area contributed by atoms with Crippen LogP contribution >= 0.6 is 15.9 Å². The van der Waals surface area contributed by atoms with E-state index in [9.17, 15) is 18.4 Å². The first-order valence-electron chi connectivity index (χ1n) is 6.69. The number of hydrogen-bond donors (Lipinski definition) is 0. The second-order valence-corrected chi connectivity index (χ2v) is 5.64. The van der Waals surface area contributed by atoms with E-state index in [1.54, 1.807) is 0 Å². The van der Waals surface area contributed by atoms with Crippen LogP contribution in [0.25, 0.3) is 5.69 Å². The lowest BCUT2D eigenvalue weighted by Gasteiger charge is -2.11. The first-order chi connectivity index (χ1) is 11.9. The van der Waals surface area contributed by atoms with Crippen molar-refractivity contribution in [3.63, 3.8) is 0 Å². The van der Waals surface area contributed by atoms with Crippen molar-refractivity contribution < 1.29 is 17.9 Å². The van der Waals surface area contributed by atoms with Gasteiger partial charge in [-0.1, -0.05) is 6.07 Å². The Labute approximate surface area is 147 Å². The highest BCUT2D eigenvalue weighted by Crippen LogP contribution is 2.33. The molecule has 0 fully saturated rings. The highest BCUT2D eigenvalue weighted by atomic mass is 79.9. The van der Waals surface area contributed by atoms with E-state index >= 15 is 0 Å². The molecule has 2 heterocycles. The summed E-state index contributed by atoms with van der Waals surface area (Å²) in [5.74, 6) is 0.0956. The Bertz CT molecular complexity index is 947. The van der Waals surface area contributed by atoms with Gasteiger partial charge in [0.15, 0.2) is 5.75 Å². The molecule has 2 aromatic heterocycles. The van der Waals surface area contributed by atoms with Crippen LogP contribution in [0, 0.1) is 11.3 Å². The Morgan fingerprint density at radius 3 is 2.48 bits per heavy atom. The normalized spacial score (nSPS) is 11.2. The fourth-order valence-corrected chi connectivity index (χ4v) is 2.18. The molecule has 0 bridgehead atoms.